The number of nitrogens with zero attached hydrogens (tertiary/aromatic N) is 2. The van der Waals surface area contributed by atoms with Gasteiger partial charge >= 0.3 is 0 Å². The Bertz CT molecular complexity index is 349. The van der Waals surface area contributed by atoms with Gasteiger partial charge in [-0.05, 0) is 31.0 Å². The van der Waals surface area contributed by atoms with Crippen molar-refractivity contribution in [2.75, 3.05) is 18.0 Å². The van der Waals surface area contributed by atoms with Crippen molar-refractivity contribution in [3.05, 3.63) is 23.9 Å². The molecular formula is C13H21N3. The van der Waals surface area contributed by atoms with E-state index in [1.807, 2.05) is 12.3 Å². The molecule has 2 rings (SSSR count). The minimum atomic E-state index is 0.565. The Morgan fingerprint density at radius 2 is 2.31 bits per heavy atom. The van der Waals surface area contributed by atoms with Crippen LogP contribution in [0.15, 0.2) is 18.3 Å². The summed E-state index contributed by atoms with van der Waals surface area (Å²) in [6, 6.07) is 5.39. The van der Waals surface area contributed by atoms with Crippen molar-refractivity contribution in [2.45, 2.75) is 39.3 Å². The van der Waals surface area contributed by atoms with E-state index in [9.17, 15) is 0 Å². The summed E-state index contributed by atoms with van der Waals surface area (Å²) in [6.45, 7) is 8.71. The summed E-state index contributed by atoms with van der Waals surface area (Å²) in [5.74, 6) is 1.12. The lowest BCUT2D eigenvalue weighted by Gasteiger charge is -2.19. The van der Waals surface area contributed by atoms with Crippen LogP contribution in [0, 0.1) is 6.92 Å². The van der Waals surface area contributed by atoms with E-state index in [2.05, 4.69) is 42.0 Å². The van der Waals surface area contributed by atoms with Crippen molar-refractivity contribution < 1.29 is 0 Å². The van der Waals surface area contributed by atoms with Gasteiger partial charge in [-0.3, -0.25) is 0 Å². The second-order valence-electron chi connectivity index (χ2n) is 4.94. The first-order valence-electron chi connectivity index (χ1n) is 6.09. The van der Waals surface area contributed by atoms with Crippen molar-refractivity contribution in [2.24, 2.45) is 0 Å². The Morgan fingerprint density at radius 1 is 1.50 bits per heavy atom. The third-order valence-corrected chi connectivity index (χ3v) is 2.98. The molecule has 1 aliphatic heterocycles. The number of hydrogen-bond acceptors (Lipinski definition) is 3. The summed E-state index contributed by atoms with van der Waals surface area (Å²) in [5, 5.41) is 3.59. The number of rotatable bonds is 3. The van der Waals surface area contributed by atoms with E-state index in [0.29, 0.717) is 12.1 Å². The summed E-state index contributed by atoms with van der Waals surface area (Å²) >= 11 is 0. The van der Waals surface area contributed by atoms with Crippen molar-refractivity contribution in [1.82, 2.24) is 10.3 Å². The van der Waals surface area contributed by atoms with E-state index < -0.39 is 0 Å². The lowest BCUT2D eigenvalue weighted by Crippen LogP contribution is -2.37. The fourth-order valence-corrected chi connectivity index (χ4v) is 2.27. The molecule has 2 heterocycles. The Kier molecular flexibility index (Phi) is 3.44. The lowest BCUT2D eigenvalue weighted by molar-refractivity contribution is 0.492. The van der Waals surface area contributed by atoms with Crippen LogP contribution in [0.1, 0.15) is 25.8 Å². The fourth-order valence-electron chi connectivity index (χ4n) is 2.27. The summed E-state index contributed by atoms with van der Waals surface area (Å²) in [6.07, 6.45) is 3.11. The molecule has 0 radical (unpaired) electrons. The number of hydrogen-bond donors (Lipinski definition) is 1. The first kappa shape index (κ1) is 11.4. The molecule has 0 aliphatic carbocycles. The molecule has 1 atom stereocenters. The van der Waals surface area contributed by atoms with E-state index in [1.165, 1.54) is 12.0 Å². The topological polar surface area (TPSA) is 28.2 Å². The highest BCUT2D eigenvalue weighted by molar-refractivity contribution is 5.42. The lowest BCUT2D eigenvalue weighted by atomic mass is 10.2. The maximum atomic E-state index is 4.43. The predicted molar refractivity (Wildman–Crippen MR) is 67.9 cm³/mol. The van der Waals surface area contributed by atoms with Crippen LogP contribution in [0.4, 0.5) is 5.82 Å². The molecule has 3 heteroatoms. The number of anilines is 1. The van der Waals surface area contributed by atoms with E-state index in [-0.39, 0.29) is 0 Å². The molecule has 0 spiro atoms. The van der Waals surface area contributed by atoms with Gasteiger partial charge in [-0.1, -0.05) is 13.8 Å². The fraction of sp³-hybridized carbons (Fsp3) is 0.615. The van der Waals surface area contributed by atoms with Gasteiger partial charge in [-0.2, -0.15) is 0 Å². The average Bonchev–Trinajstić information content (AvgIpc) is 2.65. The molecule has 1 aromatic heterocycles. The van der Waals surface area contributed by atoms with Gasteiger partial charge in [0.15, 0.2) is 0 Å². The molecule has 1 unspecified atom stereocenters. The van der Waals surface area contributed by atoms with E-state index >= 15 is 0 Å². The van der Waals surface area contributed by atoms with Crippen molar-refractivity contribution in [3.8, 4) is 0 Å². The van der Waals surface area contributed by atoms with Crippen LogP contribution in [-0.2, 0) is 0 Å². The minimum absolute atomic E-state index is 0.565. The van der Waals surface area contributed by atoms with Crippen LogP contribution >= 0.6 is 0 Å². The smallest absolute Gasteiger partial charge is 0.128 e. The molecule has 0 saturated carbocycles. The first-order chi connectivity index (χ1) is 7.65. The summed E-state index contributed by atoms with van der Waals surface area (Å²) in [7, 11) is 0. The molecule has 0 aromatic carbocycles. The largest absolute Gasteiger partial charge is 0.355 e. The standard InChI is InChI=1S/C13H21N3/c1-10(2)15-12-5-7-16(9-12)13-8-11(3)4-6-14-13/h4,6,8,10,12,15H,5,7,9H2,1-3H3. The number of pyridine rings is 1. The zero-order valence-corrected chi connectivity index (χ0v) is 10.4. The molecule has 3 nitrogen and oxygen atoms in total. The number of aryl methyl sites for hydroxylation is 1. The Morgan fingerprint density at radius 3 is 3.00 bits per heavy atom. The second-order valence-corrected chi connectivity index (χ2v) is 4.94. The molecule has 1 fully saturated rings. The van der Waals surface area contributed by atoms with Crippen molar-refractivity contribution in [1.29, 1.82) is 0 Å². The van der Waals surface area contributed by atoms with Crippen LogP contribution in [0.3, 0.4) is 0 Å². The van der Waals surface area contributed by atoms with Gasteiger partial charge in [-0.25, -0.2) is 4.98 Å². The minimum Gasteiger partial charge on any atom is -0.355 e. The zero-order valence-electron chi connectivity index (χ0n) is 10.4. The summed E-state index contributed by atoms with van der Waals surface area (Å²) < 4.78 is 0. The van der Waals surface area contributed by atoms with Gasteiger partial charge in [0.1, 0.15) is 5.82 Å². The van der Waals surface area contributed by atoms with Crippen LogP contribution in [0.5, 0.6) is 0 Å². The van der Waals surface area contributed by atoms with Crippen LogP contribution in [0.25, 0.3) is 0 Å². The molecule has 1 aromatic rings. The highest BCUT2D eigenvalue weighted by atomic mass is 15.2. The van der Waals surface area contributed by atoms with Gasteiger partial charge < -0.3 is 10.2 Å². The Hall–Kier alpha value is -1.09. The molecule has 0 amide bonds. The van der Waals surface area contributed by atoms with Gasteiger partial charge in [0, 0.05) is 31.4 Å². The molecular weight excluding hydrogens is 198 g/mol. The van der Waals surface area contributed by atoms with E-state index in [0.717, 1.165) is 18.9 Å². The number of aromatic nitrogens is 1. The number of nitrogens with one attached hydrogen (secondary N) is 1. The highest BCUT2D eigenvalue weighted by Crippen LogP contribution is 2.18. The summed E-state index contributed by atoms with van der Waals surface area (Å²) in [4.78, 5) is 6.80. The Balaban J connectivity index is 1.98. The highest BCUT2D eigenvalue weighted by Gasteiger charge is 2.23. The van der Waals surface area contributed by atoms with Crippen LogP contribution in [0.2, 0.25) is 0 Å². The first-order valence-corrected chi connectivity index (χ1v) is 6.09. The van der Waals surface area contributed by atoms with Gasteiger partial charge in [0.2, 0.25) is 0 Å². The van der Waals surface area contributed by atoms with Gasteiger partial charge in [0.05, 0.1) is 0 Å². The monoisotopic (exact) mass is 219 g/mol. The maximum absolute atomic E-state index is 4.43. The van der Waals surface area contributed by atoms with Crippen molar-refractivity contribution in [3.63, 3.8) is 0 Å². The molecule has 0 bridgehead atoms. The quantitative estimate of drug-likeness (QED) is 0.842. The Labute approximate surface area is 97.9 Å². The SMILES string of the molecule is Cc1ccnc(N2CCC(NC(C)C)C2)c1. The molecule has 1 N–H and O–H groups in total. The molecule has 1 saturated heterocycles. The molecule has 88 valence electrons. The molecule has 1 aliphatic rings. The van der Waals surface area contributed by atoms with E-state index in [1.54, 1.807) is 0 Å². The third kappa shape index (κ3) is 2.73. The predicted octanol–water partition coefficient (Wildman–Crippen LogP) is 1.97. The van der Waals surface area contributed by atoms with Gasteiger partial charge in [-0.15, -0.1) is 0 Å². The molecule has 16 heavy (non-hydrogen) atoms. The average molecular weight is 219 g/mol. The third-order valence-electron chi connectivity index (χ3n) is 2.98. The van der Waals surface area contributed by atoms with Crippen molar-refractivity contribution >= 4 is 5.82 Å². The van der Waals surface area contributed by atoms with Crippen LogP contribution in [-0.4, -0.2) is 30.2 Å². The van der Waals surface area contributed by atoms with E-state index in [4.69, 9.17) is 0 Å². The summed E-state index contributed by atoms with van der Waals surface area (Å²) in [5.41, 5.74) is 1.28. The second kappa shape index (κ2) is 4.83. The van der Waals surface area contributed by atoms with Crippen LogP contribution < -0.4 is 10.2 Å². The van der Waals surface area contributed by atoms with Gasteiger partial charge in [0.25, 0.3) is 0 Å². The normalized spacial score (nSPS) is 20.8. The maximum Gasteiger partial charge on any atom is 0.128 e. The zero-order chi connectivity index (χ0) is 11.5.